The third-order valence-electron chi connectivity index (χ3n) is 3.42. The second-order valence-corrected chi connectivity index (χ2v) is 4.80. The molecule has 0 amide bonds. The van der Waals surface area contributed by atoms with E-state index in [4.69, 9.17) is 0 Å². The predicted octanol–water partition coefficient (Wildman–Crippen LogP) is 4.47. The zero-order valence-electron chi connectivity index (χ0n) is 11.4. The molecule has 0 aliphatic heterocycles. The number of hydrogen-bond acceptors (Lipinski definition) is 1. The number of hydrogen-bond donors (Lipinski definition) is 1. The van der Waals surface area contributed by atoms with Crippen molar-refractivity contribution < 1.29 is 9.90 Å². The lowest BCUT2D eigenvalue weighted by Crippen LogP contribution is -2.00. The lowest BCUT2D eigenvalue weighted by atomic mass is 9.96. The number of rotatable bonds is 3. The SMILES string of the molecule is O=C(O)/C(=C/c1ccccc1)c1cccc2ccccc12. The molecule has 0 aliphatic rings. The van der Waals surface area contributed by atoms with Gasteiger partial charge in [-0.25, -0.2) is 4.79 Å². The summed E-state index contributed by atoms with van der Waals surface area (Å²) in [5.74, 6) is -0.921. The van der Waals surface area contributed by atoms with E-state index in [1.165, 1.54) is 0 Å². The van der Waals surface area contributed by atoms with Gasteiger partial charge in [-0.2, -0.15) is 0 Å². The van der Waals surface area contributed by atoms with Crippen LogP contribution in [-0.4, -0.2) is 11.1 Å². The van der Waals surface area contributed by atoms with Crippen LogP contribution in [0.15, 0.2) is 72.8 Å². The van der Waals surface area contributed by atoms with Gasteiger partial charge in [0.2, 0.25) is 0 Å². The number of fused-ring (bicyclic) bond motifs is 1. The van der Waals surface area contributed by atoms with Gasteiger partial charge in [-0.15, -0.1) is 0 Å². The summed E-state index contributed by atoms with van der Waals surface area (Å²) in [6, 6.07) is 23.0. The molecule has 3 aromatic rings. The largest absolute Gasteiger partial charge is 0.478 e. The highest BCUT2D eigenvalue weighted by atomic mass is 16.4. The van der Waals surface area contributed by atoms with Gasteiger partial charge >= 0.3 is 5.97 Å². The number of aliphatic carboxylic acids is 1. The second kappa shape index (κ2) is 5.63. The Balaban J connectivity index is 2.22. The third-order valence-corrected chi connectivity index (χ3v) is 3.42. The average molecular weight is 274 g/mol. The molecule has 21 heavy (non-hydrogen) atoms. The van der Waals surface area contributed by atoms with Crippen molar-refractivity contribution in [3.63, 3.8) is 0 Å². The zero-order valence-corrected chi connectivity index (χ0v) is 11.4. The van der Waals surface area contributed by atoms with E-state index in [0.29, 0.717) is 5.57 Å². The first kappa shape index (κ1) is 13.1. The summed E-state index contributed by atoms with van der Waals surface area (Å²) in [4.78, 5) is 11.7. The van der Waals surface area contributed by atoms with E-state index in [0.717, 1.165) is 21.9 Å². The Morgan fingerprint density at radius 2 is 1.48 bits per heavy atom. The van der Waals surface area contributed by atoms with Crippen LogP contribution >= 0.6 is 0 Å². The molecule has 2 nitrogen and oxygen atoms in total. The van der Waals surface area contributed by atoms with Gasteiger partial charge in [-0.1, -0.05) is 72.8 Å². The lowest BCUT2D eigenvalue weighted by molar-refractivity contribution is -0.130. The topological polar surface area (TPSA) is 37.3 Å². The quantitative estimate of drug-likeness (QED) is 0.565. The maximum Gasteiger partial charge on any atom is 0.336 e. The maximum absolute atomic E-state index is 11.7. The summed E-state index contributed by atoms with van der Waals surface area (Å²) in [5, 5.41) is 11.6. The van der Waals surface area contributed by atoms with Crippen LogP contribution in [0.4, 0.5) is 0 Å². The van der Waals surface area contributed by atoms with Gasteiger partial charge in [0.25, 0.3) is 0 Å². The van der Waals surface area contributed by atoms with Crippen molar-refractivity contribution in [2.45, 2.75) is 0 Å². The van der Waals surface area contributed by atoms with E-state index in [2.05, 4.69) is 0 Å². The predicted molar refractivity (Wildman–Crippen MR) is 85.9 cm³/mol. The molecular formula is C19H14O2. The van der Waals surface area contributed by atoms with E-state index in [-0.39, 0.29) is 0 Å². The minimum absolute atomic E-state index is 0.304. The fourth-order valence-electron chi connectivity index (χ4n) is 2.43. The molecule has 0 saturated heterocycles. The van der Waals surface area contributed by atoms with Crippen LogP contribution in [-0.2, 0) is 4.79 Å². The number of carboxylic acids is 1. The highest BCUT2D eigenvalue weighted by molar-refractivity contribution is 6.23. The molecule has 0 heterocycles. The Morgan fingerprint density at radius 3 is 2.24 bits per heavy atom. The lowest BCUT2D eigenvalue weighted by Gasteiger charge is -2.08. The summed E-state index contributed by atoms with van der Waals surface area (Å²) in [6.45, 7) is 0. The van der Waals surface area contributed by atoms with Gasteiger partial charge in [0, 0.05) is 0 Å². The van der Waals surface area contributed by atoms with E-state index in [1.807, 2.05) is 72.8 Å². The molecule has 0 spiro atoms. The Morgan fingerprint density at radius 1 is 0.810 bits per heavy atom. The molecule has 0 fully saturated rings. The van der Waals surface area contributed by atoms with Crippen molar-refractivity contribution in [1.82, 2.24) is 0 Å². The van der Waals surface area contributed by atoms with Crippen molar-refractivity contribution in [2.75, 3.05) is 0 Å². The van der Waals surface area contributed by atoms with Gasteiger partial charge in [0.1, 0.15) is 0 Å². The second-order valence-electron chi connectivity index (χ2n) is 4.80. The van der Waals surface area contributed by atoms with E-state index < -0.39 is 5.97 Å². The van der Waals surface area contributed by atoms with Crippen LogP contribution < -0.4 is 0 Å². The van der Waals surface area contributed by atoms with Crippen molar-refractivity contribution in [3.05, 3.63) is 83.9 Å². The average Bonchev–Trinajstić information content (AvgIpc) is 2.53. The molecule has 2 heteroatoms. The Hall–Kier alpha value is -2.87. The van der Waals surface area contributed by atoms with Gasteiger partial charge < -0.3 is 5.11 Å². The molecule has 1 N–H and O–H groups in total. The molecule has 0 radical (unpaired) electrons. The summed E-state index contributed by atoms with van der Waals surface area (Å²) in [5.41, 5.74) is 1.92. The normalized spacial score (nSPS) is 11.5. The van der Waals surface area contributed by atoms with Crippen LogP contribution in [0, 0.1) is 0 Å². The van der Waals surface area contributed by atoms with Crippen molar-refractivity contribution >= 4 is 28.4 Å². The van der Waals surface area contributed by atoms with Gasteiger partial charge in [-0.05, 0) is 28.0 Å². The van der Waals surface area contributed by atoms with Crippen molar-refractivity contribution in [2.24, 2.45) is 0 Å². The first-order valence-corrected chi connectivity index (χ1v) is 6.74. The summed E-state index contributed by atoms with van der Waals surface area (Å²) >= 11 is 0. The molecule has 0 aliphatic carbocycles. The van der Waals surface area contributed by atoms with Gasteiger partial charge in [0.15, 0.2) is 0 Å². The van der Waals surface area contributed by atoms with Crippen LogP contribution in [0.5, 0.6) is 0 Å². The van der Waals surface area contributed by atoms with E-state index in [1.54, 1.807) is 6.08 Å². The van der Waals surface area contributed by atoms with Crippen LogP contribution in [0.3, 0.4) is 0 Å². The van der Waals surface area contributed by atoms with E-state index in [9.17, 15) is 9.90 Å². The number of benzene rings is 3. The monoisotopic (exact) mass is 274 g/mol. The van der Waals surface area contributed by atoms with Crippen LogP contribution in [0.25, 0.3) is 22.4 Å². The van der Waals surface area contributed by atoms with E-state index >= 15 is 0 Å². The number of carboxylic acid groups (broad SMARTS) is 1. The Labute approximate surface area is 123 Å². The first-order valence-electron chi connectivity index (χ1n) is 6.74. The standard InChI is InChI=1S/C19H14O2/c20-19(21)18(13-14-7-2-1-3-8-14)17-12-6-10-15-9-4-5-11-16(15)17/h1-13H,(H,20,21)/b18-13+. The molecule has 0 unspecified atom stereocenters. The Kier molecular flexibility index (Phi) is 3.52. The fraction of sp³-hybridized carbons (Fsp3) is 0. The highest BCUT2D eigenvalue weighted by Gasteiger charge is 2.13. The molecular weight excluding hydrogens is 260 g/mol. The number of carbonyl (C=O) groups is 1. The molecule has 0 saturated carbocycles. The molecule has 0 aromatic heterocycles. The highest BCUT2D eigenvalue weighted by Crippen LogP contribution is 2.27. The molecule has 0 bridgehead atoms. The molecule has 0 atom stereocenters. The van der Waals surface area contributed by atoms with Crippen molar-refractivity contribution in [3.8, 4) is 0 Å². The third kappa shape index (κ3) is 2.70. The van der Waals surface area contributed by atoms with Gasteiger partial charge in [0.05, 0.1) is 5.57 Å². The molecule has 102 valence electrons. The minimum atomic E-state index is -0.921. The van der Waals surface area contributed by atoms with Gasteiger partial charge in [-0.3, -0.25) is 0 Å². The minimum Gasteiger partial charge on any atom is -0.478 e. The summed E-state index contributed by atoms with van der Waals surface area (Å²) < 4.78 is 0. The molecule has 3 aromatic carbocycles. The molecule has 3 rings (SSSR count). The first-order chi connectivity index (χ1) is 10.3. The fourth-order valence-corrected chi connectivity index (χ4v) is 2.43. The zero-order chi connectivity index (χ0) is 14.7. The van der Waals surface area contributed by atoms with Crippen LogP contribution in [0.1, 0.15) is 11.1 Å². The maximum atomic E-state index is 11.7. The Bertz CT molecular complexity index is 812. The smallest absolute Gasteiger partial charge is 0.336 e. The summed E-state index contributed by atoms with van der Waals surface area (Å²) in [7, 11) is 0. The van der Waals surface area contributed by atoms with Crippen molar-refractivity contribution in [1.29, 1.82) is 0 Å². The van der Waals surface area contributed by atoms with Crippen LogP contribution in [0.2, 0.25) is 0 Å². The summed E-state index contributed by atoms with van der Waals surface area (Å²) in [6.07, 6.45) is 1.71.